The second kappa shape index (κ2) is 8.68. The van der Waals surface area contributed by atoms with Crippen molar-refractivity contribution < 1.29 is 0 Å². The summed E-state index contributed by atoms with van der Waals surface area (Å²) in [6.45, 7) is 13.4. The fourth-order valence-electron chi connectivity index (χ4n) is 1.86. The maximum atomic E-state index is 3.47. The second-order valence-electron chi connectivity index (χ2n) is 5.13. The van der Waals surface area contributed by atoms with E-state index in [9.17, 15) is 0 Å². The molecule has 0 amide bonds. The Hall–Kier alpha value is -0.380. The summed E-state index contributed by atoms with van der Waals surface area (Å²) in [6, 6.07) is 5.12. The molecule has 0 bridgehead atoms. The summed E-state index contributed by atoms with van der Waals surface area (Å²) in [5.74, 6) is 0. The van der Waals surface area contributed by atoms with E-state index in [1.807, 2.05) is 11.3 Å². The zero-order chi connectivity index (χ0) is 13.4. The normalized spacial score (nSPS) is 11.7. The lowest BCUT2D eigenvalue weighted by molar-refractivity contribution is 0.278. The fraction of sp³-hybridized carbons (Fsp3) is 0.733. The van der Waals surface area contributed by atoms with Gasteiger partial charge in [-0.1, -0.05) is 34.1 Å². The van der Waals surface area contributed by atoms with Gasteiger partial charge in [0, 0.05) is 28.9 Å². The van der Waals surface area contributed by atoms with Crippen molar-refractivity contribution in [3.8, 4) is 0 Å². The van der Waals surface area contributed by atoms with Gasteiger partial charge >= 0.3 is 0 Å². The third kappa shape index (κ3) is 5.98. The lowest BCUT2D eigenvalue weighted by Gasteiger charge is -2.18. The van der Waals surface area contributed by atoms with E-state index in [1.165, 1.54) is 29.1 Å². The number of unbranched alkanes of at least 4 members (excludes halogenated alkanes) is 1. The Balaban J connectivity index is 2.41. The van der Waals surface area contributed by atoms with Gasteiger partial charge < -0.3 is 5.32 Å². The van der Waals surface area contributed by atoms with Crippen molar-refractivity contribution in [3.63, 3.8) is 0 Å². The molecule has 18 heavy (non-hydrogen) atoms. The number of hydrogen-bond donors (Lipinski definition) is 1. The summed E-state index contributed by atoms with van der Waals surface area (Å²) in [6.07, 6.45) is 2.59. The van der Waals surface area contributed by atoms with Gasteiger partial charge in [-0.2, -0.15) is 0 Å². The summed E-state index contributed by atoms with van der Waals surface area (Å²) < 4.78 is 0. The minimum Gasteiger partial charge on any atom is -0.310 e. The van der Waals surface area contributed by atoms with Crippen molar-refractivity contribution in [1.82, 2.24) is 10.2 Å². The zero-order valence-corrected chi connectivity index (χ0v) is 13.1. The molecule has 0 atom stereocenters. The number of hydrogen-bond acceptors (Lipinski definition) is 3. The van der Waals surface area contributed by atoms with Crippen molar-refractivity contribution in [3.05, 3.63) is 21.9 Å². The van der Waals surface area contributed by atoms with E-state index in [0.717, 1.165) is 19.6 Å². The standard InChI is InChI=1S/C15H28N2S/c1-5-7-10-17(6-2)12-15-9-8-14(18-15)11-16-13(3)4/h8-9,13,16H,5-7,10-12H2,1-4H3. The Morgan fingerprint density at radius 1 is 1.22 bits per heavy atom. The first-order chi connectivity index (χ1) is 8.65. The average molecular weight is 268 g/mol. The summed E-state index contributed by atoms with van der Waals surface area (Å²) in [7, 11) is 0. The molecule has 0 saturated heterocycles. The third-order valence-corrected chi connectivity index (χ3v) is 4.13. The Morgan fingerprint density at radius 2 is 1.94 bits per heavy atom. The van der Waals surface area contributed by atoms with Gasteiger partial charge in [0.2, 0.25) is 0 Å². The van der Waals surface area contributed by atoms with E-state index < -0.39 is 0 Å². The molecule has 0 saturated carbocycles. The Kier molecular flexibility index (Phi) is 7.56. The second-order valence-corrected chi connectivity index (χ2v) is 6.38. The average Bonchev–Trinajstić information content (AvgIpc) is 2.79. The summed E-state index contributed by atoms with van der Waals surface area (Å²) in [5, 5.41) is 3.47. The van der Waals surface area contributed by atoms with Gasteiger partial charge in [-0.3, -0.25) is 4.90 Å². The largest absolute Gasteiger partial charge is 0.310 e. The molecular formula is C15H28N2S. The first kappa shape index (κ1) is 15.7. The first-order valence-corrected chi connectivity index (χ1v) is 8.00. The fourth-order valence-corrected chi connectivity index (χ4v) is 2.87. The van der Waals surface area contributed by atoms with E-state index in [2.05, 4.69) is 50.0 Å². The highest BCUT2D eigenvalue weighted by atomic mass is 32.1. The van der Waals surface area contributed by atoms with E-state index in [4.69, 9.17) is 0 Å². The molecule has 0 spiro atoms. The monoisotopic (exact) mass is 268 g/mol. The minimum absolute atomic E-state index is 0.562. The Morgan fingerprint density at radius 3 is 2.56 bits per heavy atom. The maximum Gasteiger partial charge on any atom is 0.0327 e. The van der Waals surface area contributed by atoms with E-state index in [1.54, 1.807) is 0 Å². The van der Waals surface area contributed by atoms with Crippen molar-refractivity contribution >= 4 is 11.3 Å². The number of rotatable bonds is 9. The van der Waals surface area contributed by atoms with Crippen LogP contribution in [0.2, 0.25) is 0 Å². The number of nitrogens with zero attached hydrogens (tertiary/aromatic N) is 1. The van der Waals surface area contributed by atoms with Gasteiger partial charge in [-0.05, 0) is 31.6 Å². The van der Waals surface area contributed by atoms with Gasteiger partial charge in [0.15, 0.2) is 0 Å². The molecule has 3 heteroatoms. The summed E-state index contributed by atoms with van der Waals surface area (Å²) in [4.78, 5) is 5.48. The SMILES string of the molecule is CCCCN(CC)Cc1ccc(CNC(C)C)s1. The molecule has 0 aromatic carbocycles. The van der Waals surface area contributed by atoms with Crippen molar-refractivity contribution in [1.29, 1.82) is 0 Å². The van der Waals surface area contributed by atoms with Gasteiger partial charge in [-0.15, -0.1) is 11.3 Å². The van der Waals surface area contributed by atoms with Crippen molar-refractivity contribution in [2.24, 2.45) is 0 Å². The van der Waals surface area contributed by atoms with Crippen LogP contribution in [0, 0.1) is 0 Å². The van der Waals surface area contributed by atoms with Crippen LogP contribution in [0.25, 0.3) is 0 Å². The Bertz CT molecular complexity index is 320. The molecule has 0 aliphatic carbocycles. The predicted octanol–water partition coefficient (Wildman–Crippen LogP) is 3.87. The van der Waals surface area contributed by atoms with Gasteiger partial charge in [0.05, 0.1) is 0 Å². The van der Waals surface area contributed by atoms with Crippen LogP contribution in [0.15, 0.2) is 12.1 Å². The highest BCUT2D eigenvalue weighted by molar-refractivity contribution is 7.11. The highest BCUT2D eigenvalue weighted by Crippen LogP contribution is 2.18. The molecule has 104 valence electrons. The molecule has 2 nitrogen and oxygen atoms in total. The molecule has 0 aliphatic rings. The molecular weight excluding hydrogens is 240 g/mol. The topological polar surface area (TPSA) is 15.3 Å². The number of thiophene rings is 1. The molecule has 1 rings (SSSR count). The third-order valence-electron chi connectivity index (χ3n) is 3.06. The summed E-state index contributed by atoms with van der Waals surface area (Å²) in [5.41, 5.74) is 0. The number of nitrogens with one attached hydrogen (secondary N) is 1. The van der Waals surface area contributed by atoms with Crippen LogP contribution in [0.4, 0.5) is 0 Å². The van der Waals surface area contributed by atoms with Crippen LogP contribution in [-0.2, 0) is 13.1 Å². The Labute approximate surface area is 116 Å². The quantitative estimate of drug-likeness (QED) is 0.731. The van der Waals surface area contributed by atoms with Crippen LogP contribution in [0.1, 0.15) is 50.3 Å². The van der Waals surface area contributed by atoms with Gasteiger partial charge in [0.25, 0.3) is 0 Å². The molecule has 0 unspecified atom stereocenters. The van der Waals surface area contributed by atoms with Crippen LogP contribution in [-0.4, -0.2) is 24.0 Å². The molecule has 1 aromatic rings. The van der Waals surface area contributed by atoms with Crippen LogP contribution in [0.5, 0.6) is 0 Å². The van der Waals surface area contributed by atoms with Gasteiger partial charge in [-0.25, -0.2) is 0 Å². The predicted molar refractivity (Wildman–Crippen MR) is 82.2 cm³/mol. The van der Waals surface area contributed by atoms with Crippen LogP contribution in [0.3, 0.4) is 0 Å². The smallest absolute Gasteiger partial charge is 0.0327 e. The van der Waals surface area contributed by atoms with Crippen molar-refractivity contribution in [2.75, 3.05) is 13.1 Å². The maximum absolute atomic E-state index is 3.47. The zero-order valence-electron chi connectivity index (χ0n) is 12.3. The molecule has 0 aliphatic heterocycles. The molecule has 1 aromatic heterocycles. The first-order valence-electron chi connectivity index (χ1n) is 7.19. The lowest BCUT2D eigenvalue weighted by atomic mass is 10.3. The molecule has 1 N–H and O–H groups in total. The van der Waals surface area contributed by atoms with Gasteiger partial charge in [0.1, 0.15) is 0 Å². The van der Waals surface area contributed by atoms with Crippen LogP contribution >= 0.6 is 11.3 Å². The van der Waals surface area contributed by atoms with E-state index in [-0.39, 0.29) is 0 Å². The van der Waals surface area contributed by atoms with Crippen LogP contribution < -0.4 is 5.32 Å². The molecule has 0 fully saturated rings. The lowest BCUT2D eigenvalue weighted by Crippen LogP contribution is -2.23. The highest BCUT2D eigenvalue weighted by Gasteiger charge is 2.06. The molecule has 1 heterocycles. The van der Waals surface area contributed by atoms with Crippen molar-refractivity contribution in [2.45, 2.75) is 59.7 Å². The minimum atomic E-state index is 0.562. The summed E-state index contributed by atoms with van der Waals surface area (Å²) >= 11 is 1.95. The van der Waals surface area contributed by atoms with E-state index >= 15 is 0 Å². The molecule has 0 radical (unpaired) electrons. The van der Waals surface area contributed by atoms with E-state index in [0.29, 0.717) is 6.04 Å².